The summed E-state index contributed by atoms with van der Waals surface area (Å²) in [6, 6.07) is 0.0551. The van der Waals surface area contributed by atoms with Crippen LogP contribution in [0.2, 0.25) is 0 Å². The lowest BCUT2D eigenvalue weighted by atomic mass is 10.1. The molecule has 0 aliphatic carbocycles. The topological polar surface area (TPSA) is 87.0 Å². The summed E-state index contributed by atoms with van der Waals surface area (Å²) in [4.78, 5) is 8.82. The van der Waals surface area contributed by atoms with E-state index in [1.54, 1.807) is 0 Å². The Bertz CT molecular complexity index is 378. The Balaban J connectivity index is 2.32. The molecule has 5 heteroatoms. The number of aromatic nitrogens is 2. The van der Waals surface area contributed by atoms with Crippen LogP contribution < -0.4 is 11.5 Å². The average Bonchev–Trinajstić information content (AvgIpc) is 2.41. The summed E-state index contributed by atoms with van der Waals surface area (Å²) in [5.74, 6) is 1.33. The van der Waals surface area contributed by atoms with Gasteiger partial charge in [-0.3, -0.25) is 0 Å². The fraction of sp³-hybridized carbons (Fsp3) is 0.636. The van der Waals surface area contributed by atoms with E-state index in [1.807, 2.05) is 6.92 Å². The monoisotopic (exact) mass is 222 g/mol. The summed E-state index contributed by atoms with van der Waals surface area (Å²) in [7, 11) is 0. The van der Waals surface area contributed by atoms with Gasteiger partial charge in [-0.05, 0) is 6.92 Å². The second-order valence-electron chi connectivity index (χ2n) is 4.24. The highest BCUT2D eigenvalue weighted by atomic mass is 16.5. The number of nitrogens with two attached hydrogens (primary N) is 2. The molecule has 0 spiro atoms. The van der Waals surface area contributed by atoms with Crippen molar-refractivity contribution in [2.24, 2.45) is 5.73 Å². The van der Waals surface area contributed by atoms with Crippen molar-refractivity contribution in [3.05, 3.63) is 17.1 Å². The van der Waals surface area contributed by atoms with Gasteiger partial charge >= 0.3 is 0 Å². The molecule has 0 saturated carbocycles. The van der Waals surface area contributed by atoms with Crippen molar-refractivity contribution in [1.29, 1.82) is 0 Å². The summed E-state index contributed by atoms with van der Waals surface area (Å²) in [5, 5.41) is 0. The van der Waals surface area contributed by atoms with Gasteiger partial charge in [0.2, 0.25) is 0 Å². The highest BCUT2D eigenvalue weighted by Gasteiger charge is 2.15. The van der Waals surface area contributed by atoms with Crippen molar-refractivity contribution >= 4 is 5.82 Å². The lowest BCUT2D eigenvalue weighted by Gasteiger charge is -2.10. The van der Waals surface area contributed by atoms with E-state index in [9.17, 15) is 0 Å². The largest absolute Gasteiger partial charge is 0.383 e. The van der Waals surface area contributed by atoms with Crippen LogP contribution in [0.1, 0.15) is 24.0 Å². The molecule has 1 atom stereocenters. The van der Waals surface area contributed by atoms with Crippen LogP contribution in [0.5, 0.6) is 0 Å². The second-order valence-corrected chi connectivity index (χ2v) is 4.24. The van der Waals surface area contributed by atoms with Gasteiger partial charge in [0.15, 0.2) is 0 Å². The predicted octanol–water partition coefficient (Wildman–Crippen LogP) is 0.0637. The number of nitrogens with zero attached hydrogens (tertiary/aromatic N) is 2. The molecule has 2 rings (SSSR count). The lowest BCUT2D eigenvalue weighted by molar-refractivity contribution is 0.146. The number of nitrogen functional groups attached to an aromatic ring is 1. The van der Waals surface area contributed by atoms with Gasteiger partial charge in [0.1, 0.15) is 11.6 Å². The van der Waals surface area contributed by atoms with E-state index in [0.717, 1.165) is 29.9 Å². The van der Waals surface area contributed by atoms with Crippen molar-refractivity contribution in [3.8, 4) is 0 Å². The standard InChI is InChI=1S/C11H18N4O/c1-7(12)6-10-14-9-3-5-16-4-2-8(9)11(13)15-10/h7H,2-6,12H2,1H3,(H2,13,14,15). The van der Waals surface area contributed by atoms with Gasteiger partial charge in [0.25, 0.3) is 0 Å². The normalized spacial score (nSPS) is 17.6. The van der Waals surface area contributed by atoms with E-state index in [-0.39, 0.29) is 6.04 Å². The van der Waals surface area contributed by atoms with Gasteiger partial charge in [-0.15, -0.1) is 0 Å². The molecule has 0 fully saturated rings. The van der Waals surface area contributed by atoms with Crippen LogP contribution in [0.25, 0.3) is 0 Å². The molecule has 1 aliphatic heterocycles. The van der Waals surface area contributed by atoms with Gasteiger partial charge in [-0.25, -0.2) is 9.97 Å². The summed E-state index contributed by atoms with van der Waals surface area (Å²) in [6.07, 6.45) is 2.28. The van der Waals surface area contributed by atoms with Crippen LogP contribution in [0, 0.1) is 0 Å². The SMILES string of the molecule is CC(N)Cc1nc(N)c2c(n1)CCOCC2. The van der Waals surface area contributed by atoms with Crippen molar-refractivity contribution < 1.29 is 4.74 Å². The average molecular weight is 222 g/mol. The van der Waals surface area contributed by atoms with Crippen LogP contribution in [-0.4, -0.2) is 29.2 Å². The first-order chi connectivity index (χ1) is 7.66. The van der Waals surface area contributed by atoms with E-state index in [4.69, 9.17) is 16.2 Å². The fourth-order valence-corrected chi connectivity index (χ4v) is 1.91. The number of ether oxygens (including phenoxy) is 1. The van der Waals surface area contributed by atoms with Crippen LogP contribution >= 0.6 is 0 Å². The fourth-order valence-electron chi connectivity index (χ4n) is 1.91. The molecule has 1 aliphatic rings. The minimum Gasteiger partial charge on any atom is -0.383 e. The van der Waals surface area contributed by atoms with Crippen molar-refractivity contribution in [2.45, 2.75) is 32.2 Å². The van der Waals surface area contributed by atoms with Crippen molar-refractivity contribution in [1.82, 2.24) is 9.97 Å². The number of hydrogen-bond acceptors (Lipinski definition) is 5. The molecule has 88 valence electrons. The Morgan fingerprint density at radius 1 is 1.31 bits per heavy atom. The Hall–Kier alpha value is -1.20. The highest BCUT2D eigenvalue weighted by Crippen LogP contribution is 2.18. The first-order valence-corrected chi connectivity index (χ1v) is 5.64. The number of anilines is 1. The molecule has 0 bridgehead atoms. The zero-order valence-electron chi connectivity index (χ0n) is 9.57. The molecule has 16 heavy (non-hydrogen) atoms. The molecular formula is C11H18N4O. The Labute approximate surface area is 95.2 Å². The molecule has 1 aromatic rings. The number of rotatable bonds is 2. The molecule has 2 heterocycles. The van der Waals surface area contributed by atoms with Crippen LogP contribution in [0.3, 0.4) is 0 Å². The van der Waals surface area contributed by atoms with E-state index < -0.39 is 0 Å². The Kier molecular flexibility index (Phi) is 3.36. The molecule has 1 unspecified atom stereocenters. The predicted molar refractivity (Wildman–Crippen MR) is 62.0 cm³/mol. The maximum Gasteiger partial charge on any atom is 0.132 e. The molecule has 0 amide bonds. The third-order valence-corrected chi connectivity index (χ3v) is 2.66. The van der Waals surface area contributed by atoms with E-state index in [0.29, 0.717) is 25.5 Å². The molecule has 0 aromatic carbocycles. The lowest BCUT2D eigenvalue weighted by Crippen LogP contribution is -2.21. The van der Waals surface area contributed by atoms with Crippen molar-refractivity contribution in [2.75, 3.05) is 18.9 Å². The Morgan fingerprint density at radius 2 is 2.06 bits per heavy atom. The van der Waals surface area contributed by atoms with Gasteiger partial charge in [-0.2, -0.15) is 0 Å². The molecular weight excluding hydrogens is 204 g/mol. The highest BCUT2D eigenvalue weighted by molar-refractivity contribution is 5.43. The van der Waals surface area contributed by atoms with E-state index >= 15 is 0 Å². The molecule has 0 saturated heterocycles. The smallest absolute Gasteiger partial charge is 0.132 e. The second kappa shape index (κ2) is 4.76. The molecule has 4 N–H and O–H groups in total. The first kappa shape index (κ1) is 11.3. The summed E-state index contributed by atoms with van der Waals surface area (Å²) in [6.45, 7) is 3.35. The van der Waals surface area contributed by atoms with Crippen LogP contribution in [0.15, 0.2) is 0 Å². The van der Waals surface area contributed by atoms with Gasteiger partial charge < -0.3 is 16.2 Å². The summed E-state index contributed by atoms with van der Waals surface area (Å²) in [5.41, 5.74) is 13.8. The number of hydrogen-bond donors (Lipinski definition) is 2. The van der Waals surface area contributed by atoms with Gasteiger partial charge in [-0.1, -0.05) is 0 Å². The van der Waals surface area contributed by atoms with E-state index in [2.05, 4.69) is 9.97 Å². The zero-order chi connectivity index (χ0) is 11.5. The zero-order valence-corrected chi connectivity index (χ0v) is 9.57. The first-order valence-electron chi connectivity index (χ1n) is 5.64. The van der Waals surface area contributed by atoms with Crippen LogP contribution in [-0.2, 0) is 24.0 Å². The third kappa shape index (κ3) is 2.48. The quantitative estimate of drug-likeness (QED) is 0.739. The summed E-state index contributed by atoms with van der Waals surface area (Å²) < 4.78 is 5.40. The maximum absolute atomic E-state index is 5.94. The maximum atomic E-state index is 5.94. The third-order valence-electron chi connectivity index (χ3n) is 2.66. The van der Waals surface area contributed by atoms with Gasteiger partial charge in [0, 0.05) is 30.9 Å². The van der Waals surface area contributed by atoms with Crippen LogP contribution in [0.4, 0.5) is 5.82 Å². The van der Waals surface area contributed by atoms with Crippen molar-refractivity contribution in [3.63, 3.8) is 0 Å². The minimum atomic E-state index is 0.0551. The summed E-state index contributed by atoms with van der Waals surface area (Å²) >= 11 is 0. The molecule has 0 radical (unpaired) electrons. The Morgan fingerprint density at radius 3 is 2.81 bits per heavy atom. The van der Waals surface area contributed by atoms with Gasteiger partial charge in [0.05, 0.1) is 18.9 Å². The minimum absolute atomic E-state index is 0.0551. The number of fused-ring (bicyclic) bond motifs is 1. The van der Waals surface area contributed by atoms with E-state index in [1.165, 1.54) is 0 Å². The molecule has 5 nitrogen and oxygen atoms in total. The molecule has 1 aromatic heterocycles.